The Labute approximate surface area is 181 Å². The van der Waals surface area contributed by atoms with Crippen molar-refractivity contribution in [3.63, 3.8) is 0 Å². The molecule has 0 saturated carbocycles. The fourth-order valence-electron chi connectivity index (χ4n) is 2.70. The molecule has 0 amide bonds. The van der Waals surface area contributed by atoms with Crippen LogP contribution in [0.15, 0.2) is 59.0 Å². The molecule has 0 aliphatic carbocycles. The number of hydrogen-bond donors (Lipinski definition) is 0. The van der Waals surface area contributed by atoms with Gasteiger partial charge in [0.05, 0.1) is 13.2 Å². The van der Waals surface area contributed by atoms with E-state index in [-0.39, 0.29) is 12.5 Å². The van der Waals surface area contributed by atoms with Crippen molar-refractivity contribution >= 4 is 12.0 Å². The summed E-state index contributed by atoms with van der Waals surface area (Å²) in [5.74, 6) is 1.44. The first-order valence-corrected chi connectivity index (χ1v) is 10.3. The summed E-state index contributed by atoms with van der Waals surface area (Å²) in [5.41, 5.74) is 1.60. The lowest BCUT2D eigenvalue weighted by atomic mass is 10.2. The summed E-state index contributed by atoms with van der Waals surface area (Å²) >= 11 is 0. The van der Waals surface area contributed by atoms with Crippen LogP contribution in [0.2, 0.25) is 0 Å². The maximum Gasteiger partial charge on any atom is 0.331 e. The zero-order valence-corrected chi connectivity index (χ0v) is 17.7. The third-order valence-corrected chi connectivity index (χ3v) is 4.26. The zero-order chi connectivity index (χ0) is 21.9. The predicted molar refractivity (Wildman–Crippen MR) is 117 cm³/mol. The van der Waals surface area contributed by atoms with Crippen LogP contribution < -0.4 is 9.47 Å². The van der Waals surface area contributed by atoms with E-state index in [1.807, 2.05) is 55.5 Å². The molecule has 2 aromatic carbocycles. The van der Waals surface area contributed by atoms with Gasteiger partial charge in [-0.25, -0.2) is 4.79 Å². The standard InChI is InChI=1S/C24H26N2O5/c1-3-5-15-29-20-13-11-18(16-21(20)28-4-2)12-14-23(27)30-17-22-25-26-24(31-22)19-9-7-6-8-10-19/h6-14,16H,3-5,15,17H2,1-2H3/b14-12+. The molecule has 162 valence electrons. The van der Waals surface area contributed by atoms with Crippen molar-refractivity contribution in [2.45, 2.75) is 33.3 Å². The molecule has 0 bridgehead atoms. The topological polar surface area (TPSA) is 83.7 Å². The number of aromatic nitrogens is 2. The van der Waals surface area contributed by atoms with Crippen molar-refractivity contribution in [2.75, 3.05) is 13.2 Å². The van der Waals surface area contributed by atoms with Gasteiger partial charge in [-0.2, -0.15) is 0 Å². The molecule has 0 spiro atoms. The average Bonchev–Trinajstić information content (AvgIpc) is 3.27. The minimum absolute atomic E-state index is 0.0998. The van der Waals surface area contributed by atoms with E-state index in [2.05, 4.69) is 17.1 Å². The van der Waals surface area contributed by atoms with Crippen LogP contribution in [0.1, 0.15) is 38.1 Å². The summed E-state index contributed by atoms with van der Waals surface area (Å²) in [6.45, 7) is 5.09. The van der Waals surface area contributed by atoms with E-state index in [0.29, 0.717) is 30.6 Å². The second kappa shape index (κ2) is 11.5. The monoisotopic (exact) mass is 422 g/mol. The van der Waals surface area contributed by atoms with Crippen molar-refractivity contribution < 1.29 is 23.4 Å². The van der Waals surface area contributed by atoms with Crippen molar-refractivity contribution in [1.82, 2.24) is 10.2 Å². The second-order valence-electron chi connectivity index (χ2n) is 6.65. The molecule has 0 fully saturated rings. The van der Waals surface area contributed by atoms with Gasteiger partial charge in [0.2, 0.25) is 5.89 Å². The molecule has 3 aromatic rings. The molecule has 0 N–H and O–H groups in total. The Kier molecular flexibility index (Phi) is 8.22. The Morgan fingerprint density at radius 2 is 1.87 bits per heavy atom. The molecule has 1 heterocycles. The van der Waals surface area contributed by atoms with E-state index in [1.165, 1.54) is 6.08 Å². The van der Waals surface area contributed by atoms with Gasteiger partial charge in [-0.3, -0.25) is 0 Å². The largest absolute Gasteiger partial charge is 0.490 e. The first-order valence-electron chi connectivity index (χ1n) is 10.3. The molecular formula is C24H26N2O5. The van der Waals surface area contributed by atoms with E-state index in [0.717, 1.165) is 24.0 Å². The number of hydrogen-bond acceptors (Lipinski definition) is 7. The van der Waals surface area contributed by atoms with Crippen LogP contribution in [0.25, 0.3) is 17.5 Å². The number of benzene rings is 2. The van der Waals surface area contributed by atoms with Gasteiger partial charge >= 0.3 is 5.97 Å². The van der Waals surface area contributed by atoms with E-state index < -0.39 is 5.97 Å². The summed E-state index contributed by atoms with van der Waals surface area (Å²) in [4.78, 5) is 12.1. The van der Waals surface area contributed by atoms with Crippen LogP contribution in [-0.2, 0) is 16.1 Å². The van der Waals surface area contributed by atoms with Crippen LogP contribution in [0.4, 0.5) is 0 Å². The van der Waals surface area contributed by atoms with E-state index >= 15 is 0 Å². The Balaban J connectivity index is 1.55. The van der Waals surface area contributed by atoms with Crippen LogP contribution in [0.5, 0.6) is 11.5 Å². The maximum absolute atomic E-state index is 12.1. The maximum atomic E-state index is 12.1. The third-order valence-electron chi connectivity index (χ3n) is 4.26. The molecule has 31 heavy (non-hydrogen) atoms. The summed E-state index contributed by atoms with van der Waals surface area (Å²) in [6, 6.07) is 14.9. The number of carbonyl (C=O) groups excluding carboxylic acids is 1. The Bertz CT molecular complexity index is 998. The van der Waals surface area contributed by atoms with E-state index in [4.69, 9.17) is 18.6 Å². The smallest absolute Gasteiger partial charge is 0.331 e. The van der Waals surface area contributed by atoms with Gasteiger partial charge in [0.25, 0.3) is 5.89 Å². The van der Waals surface area contributed by atoms with Crippen LogP contribution in [0.3, 0.4) is 0 Å². The van der Waals surface area contributed by atoms with Crippen LogP contribution >= 0.6 is 0 Å². The predicted octanol–water partition coefficient (Wildman–Crippen LogP) is 5.07. The highest BCUT2D eigenvalue weighted by molar-refractivity contribution is 5.87. The lowest BCUT2D eigenvalue weighted by Gasteiger charge is -2.12. The summed E-state index contributed by atoms with van der Waals surface area (Å²) in [5, 5.41) is 7.87. The van der Waals surface area contributed by atoms with Crippen molar-refractivity contribution in [3.8, 4) is 23.0 Å². The molecule has 7 nitrogen and oxygen atoms in total. The second-order valence-corrected chi connectivity index (χ2v) is 6.65. The number of unbranched alkanes of at least 4 members (excludes halogenated alkanes) is 1. The highest BCUT2D eigenvalue weighted by Gasteiger charge is 2.10. The fourth-order valence-corrected chi connectivity index (χ4v) is 2.70. The molecular weight excluding hydrogens is 396 g/mol. The van der Waals surface area contributed by atoms with Gasteiger partial charge in [0.15, 0.2) is 18.1 Å². The van der Waals surface area contributed by atoms with Crippen molar-refractivity contribution in [1.29, 1.82) is 0 Å². The van der Waals surface area contributed by atoms with Crippen molar-refractivity contribution in [2.24, 2.45) is 0 Å². The summed E-state index contributed by atoms with van der Waals surface area (Å²) < 4.78 is 22.1. The minimum atomic E-state index is -0.513. The normalized spacial score (nSPS) is 10.9. The molecule has 0 aliphatic rings. The van der Waals surface area contributed by atoms with Gasteiger partial charge in [-0.05, 0) is 49.2 Å². The molecule has 3 rings (SSSR count). The first kappa shape index (κ1) is 22.1. The third kappa shape index (κ3) is 6.70. The van der Waals surface area contributed by atoms with Crippen LogP contribution in [-0.4, -0.2) is 29.4 Å². The fraction of sp³-hybridized carbons (Fsp3) is 0.292. The van der Waals surface area contributed by atoms with E-state index in [9.17, 15) is 4.79 Å². The van der Waals surface area contributed by atoms with Gasteiger partial charge in [-0.1, -0.05) is 37.6 Å². The SMILES string of the molecule is CCCCOc1ccc(/C=C/C(=O)OCc2nnc(-c3ccccc3)o2)cc1OCC. The summed E-state index contributed by atoms with van der Waals surface area (Å²) in [7, 11) is 0. The summed E-state index contributed by atoms with van der Waals surface area (Å²) in [6.07, 6.45) is 5.04. The zero-order valence-electron chi connectivity index (χ0n) is 17.7. The highest BCUT2D eigenvalue weighted by atomic mass is 16.5. The van der Waals surface area contributed by atoms with E-state index in [1.54, 1.807) is 6.08 Å². The molecule has 0 saturated heterocycles. The number of ether oxygens (including phenoxy) is 3. The molecule has 0 unspecified atom stereocenters. The molecule has 1 aromatic heterocycles. The lowest BCUT2D eigenvalue weighted by Crippen LogP contribution is -2.02. The molecule has 7 heteroatoms. The first-order chi connectivity index (χ1) is 15.2. The number of carbonyl (C=O) groups is 1. The Hall–Kier alpha value is -3.61. The van der Waals surface area contributed by atoms with Gasteiger partial charge in [-0.15, -0.1) is 10.2 Å². The highest BCUT2D eigenvalue weighted by Crippen LogP contribution is 2.29. The molecule has 0 radical (unpaired) electrons. The van der Waals surface area contributed by atoms with Gasteiger partial charge in [0, 0.05) is 11.6 Å². The van der Waals surface area contributed by atoms with Crippen molar-refractivity contribution in [3.05, 3.63) is 66.1 Å². The van der Waals surface area contributed by atoms with Crippen LogP contribution in [0, 0.1) is 0 Å². The number of rotatable bonds is 11. The van der Waals surface area contributed by atoms with Gasteiger partial charge in [0.1, 0.15) is 0 Å². The quantitative estimate of drug-likeness (QED) is 0.242. The molecule has 0 atom stereocenters. The molecule has 0 aliphatic heterocycles. The van der Waals surface area contributed by atoms with Gasteiger partial charge < -0.3 is 18.6 Å². The minimum Gasteiger partial charge on any atom is -0.490 e. The Morgan fingerprint density at radius 1 is 1.03 bits per heavy atom. The number of nitrogens with zero attached hydrogens (tertiary/aromatic N) is 2. The average molecular weight is 422 g/mol. The number of esters is 1. The lowest BCUT2D eigenvalue weighted by molar-refractivity contribution is -0.139. The Morgan fingerprint density at radius 3 is 2.65 bits per heavy atom.